The summed E-state index contributed by atoms with van der Waals surface area (Å²) in [6.45, 7) is 6.20. The Balaban J connectivity index is 1.87. The van der Waals surface area contributed by atoms with E-state index in [4.69, 9.17) is 4.74 Å². The summed E-state index contributed by atoms with van der Waals surface area (Å²) in [6, 6.07) is 8.24. The van der Waals surface area contributed by atoms with Crippen LogP contribution in [0.15, 0.2) is 24.3 Å². The molecule has 0 aliphatic carbocycles. The number of hydrogen-bond acceptors (Lipinski definition) is 3. The fourth-order valence-electron chi connectivity index (χ4n) is 2.18. The van der Waals surface area contributed by atoms with E-state index < -0.39 is 0 Å². The van der Waals surface area contributed by atoms with Crippen molar-refractivity contribution in [2.24, 2.45) is 0 Å². The number of unbranched alkanes of at least 4 members (excludes halogenated alkanes) is 1. The number of carbonyl (C=O) groups is 1. The molecule has 1 aliphatic rings. The number of nitrogens with one attached hydrogen (secondary N) is 1. The summed E-state index contributed by atoms with van der Waals surface area (Å²) in [5.74, 6) is 0.859. The van der Waals surface area contributed by atoms with E-state index in [1.807, 2.05) is 29.2 Å². The number of anilines is 1. The Morgan fingerprint density at radius 1 is 1.32 bits per heavy atom. The van der Waals surface area contributed by atoms with Gasteiger partial charge in [-0.2, -0.15) is 0 Å². The van der Waals surface area contributed by atoms with Crippen LogP contribution in [0.3, 0.4) is 0 Å². The Hall–Kier alpha value is -1.55. The highest BCUT2D eigenvalue weighted by molar-refractivity contribution is 5.97. The molecule has 1 N–H and O–H groups in total. The lowest BCUT2D eigenvalue weighted by Crippen LogP contribution is -2.39. The number of para-hydroxylation sites is 2. The second kappa shape index (κ2) is 6.57. The SMILES string of the molecule is CC(C)NCCCCN1C(=O)COc2ccccc21. The molecule has 1 heterocycles. The first-order valence-corrected chi connectivity index (χ1v) is 6.94. The number of carbonyl (C=O) groups excluding carboxylic acids is 1. The summed E-state index contributed by atoms with van der Waals surface area (Å²) in [7, 11) is 0. The van der Waals surface area contributed by atoms with Crippen molar-refractivity contribution in [2.45, 2.75) is 32.7 Å². The number of ether oxygens (including phenoxy) is 1. The highest BCUT2D eigenvalue weighted by Crippen LogP contribution is 2.31. The third kappa shape index (κ3) is 3.70. The van der Waals surface area contributed by atoms with Crippen LogP contribution in [0.1, 0.15) is 26.7 Å². The number of fused-ring (bicyclic) bond motifs is 1. The first-order valence-electron chi connectivity index (χ1n) is 6.94. The van der Waals surface area contributed by atoms with Crippen molar-refractivity contribution < 1.29 is 9.53 Å². The van der Waals surface area contributed by atoms with Crippen molar-refractivity contribution in [3.8, 4) is 5.75 Å². The van der Waals surface area contributed by atoms with Crippen LogP contribution in [-0.2, 0) is 4.79 Å². The molecule has 0 aromatic heterocycles. The van der Waals surface area contributed by atoms with E-state index in [1.165, 1.54) is 0 Å². The Morgan fingerprint density at radius 2 is 2.11 bits per heavy atom. The van der Waals surface area contributed by atoms with Crippen LogP contribution in [0.2, 0.25) is 0 Å². The van der Waals surface area contributed by atoms with Gasteiger partial charge in [-0.1, -0.05) is 26.0 Å². The zero-order chi connectivity index (χ0) is 13.7. The standard InChI is InChI=1S/C15H22N2O2/c1-12(2)16-9-5-6-10-17-13-7-3-4-8-14(13)19-11-15(17)18/h3-4,7-8,12,16H,5-6,9-11H2,1-2H3. The van der Waals surface area contributed by atoms with Gasteiger partial charge < -0.3 is 15.0 Å². The molecule has 1 amide bonds. The number of rotatable bonds is 6. The molecule has 0 spiro atoms. The fourth-order valence-corrected chi connectivity index (χ4v) is 2.18. The number of nitrogens with zero attached hydrogens (tertiary/aromatic N) is 1. The number of hydrogen-bond donors (Lipinski definition) is 1. The molecule has 0 saturated heterocycles. The monoisotopic (exact) mass is 262 g/mol. The van der Waals surface area contributed by atoms with E-state index in [2.05, 4.69) is 19.2 Å². The smallest absolute Gasteiger partial charge is 0.265 e. The molecule has 4 nitrogen and oxygen atoms in total. The van der Waals surface area contributed by atoms with Crippen molar-refractivity contribution in [1.82, 2.24) is 5.32 Å². The van der Waals surface area contributed by atoms with Gasteiger partial charge in [0, 0.05) is 12.6 Å². The first kappa shape index (κ1) is 13.9. The van der Waals surface area contributed by atoms with E-state index >= 15 is 0 Å². The molecule has 104 valence electrons. The largest absolute Gasteiger partial charge is 0.482 e. The van der Waals surface area contributed by atoms with Crippen molar-refractivity contribution in [3.05, 3.63) is 24.3 Å². The van der Waals surface area contributed by atoms with Crippen LogP contribution in [0, 0.1) is 0 Å². The van der Waals surface area contributed by atoms with Crippen molar-refractivity contribution >= 4 is 11.6 Å². The highest BCUT2D eigenvalue weighted by atomic mass is 16.5. The third-order valence-electron chi connectivity index (χ3n) is 3.17. The topological polar surface area (TPSA) is 41.6 Å². The van der Waals surface area contributed by atoms with Gasteiger partial charge in [-0.3, -0.25) is 4.79 Å². The van der Waals surface area contributed by atoms with Crippen LogP contribution in [0.4, 0.5) is 5.69 Å². The molecule has 0 atom stereocenters. The Bertz CT molecular complexity index is 432. The minimum Gasteiger partial charge on any atom is -0.482 e. The minimum atomic E-state index is 0.0514. The lowest BCUT2D eigenvalue weighted by atomic mass is 10.2. The van der Waals surface area contributed by atoms with Gasteiger partial charge in [0.2, 0.25) is 0 Å². The van der Waals surface area contributed by atoms with E-state index in [0.29, 0.717) is 6.04 Å². The molecule has 2 rings (SSSR count). The molecule has 0 saturated carbocycles. The maximum Gasteiger partial charge on any atom is 0.265 e. The van der Waals surface area contributed by atoms with Crippen LogP contribution >= 0.6 is 0 Å². The van der Waals surface area contributed by atoms with Crippen molar-refractivity contribution in [3.63, 3.8) is 0 Å². The second-order valence-electron chi connectivity index (χ2n) is 5.12. The maximum absolute atomic E-state index is 11.9. The van der Waals surface area contributed by atoms with E-state index in [-0.39, 0.29) is 12.5 Å². The van der Waals surface area contributed by atoms with Crippen LogP contribution in [-0.4, -0.2) is 31.6 Å². The summed E-state index contributed by atoms with van der Waals surface area (Å²) in [4.78, 5) is 13.8. The molecule has 0 bridgehead atoms. The summed E-state index contributed by atoms with van der Waals surface area (Å²) in [5.41, 5.74) is 0.899. The fraction of sp³-hybridized carbons (Fsp3) is 0.533. The molecular weight excluding hydrogens is 240 g/mol. The summed E-state index contributed by atoms with van der Waals surface area (Å²) in [6.07, 6.45) is 2.07. The Morgan fingerprint density at radius 3 is 2.89 bits per heavy atom. The number of benzene rings is 1. The van der Waals surface area contributed by atoms with Gasteiger partial charge in [0.05, 0.1) is 5.69 Å². The lowest BCUT2D eigenvalue weighted by Gasteiger charge is -2.29. The highest BCUT2D eigenvalue weighted by Gasteiger charge is 2.24. The van der Waals surface area contributed by atoms with Gasteiger partial charge in [-0.05, 0) is 31.5 Å². The van der Waals surface area contributed by atoms with Gasteiger partial charge in [-0.25, -0.2) is 0 Å². The predicted octanol–water partition coefficient (Wildman–Crippen LogP) is 2.19. The third-order valence-corrected chi connectivity index (χ3v) is 3.17. The summed E-state index contributed by atoms with van der Waals surface area (Å²) >= 11 is 0. The molecule has 0 unspecified atom stereocenters. The van der Waals surface area contributed by atoms with Crippen LogP contribution < -0.4 is 15.0 Å². The molecule has 19 heavy (non-hydrogen) atoms. The van der Waals surface area contributed by atoms with E-state index in [9.17, 15) is 4.79 Å². The molecular formula is C15H22N2O2. The number of amides is 1. The summed E-state index contributed by atoms with van der Waals surface area (Å²) < 4.78 is 5.42. The maximum atomic E-state index is 11.9. The minimum absolute atomic E-state index is 0.0514. The van der Waals surface area contributed by atoms with Gasteiger partial charge in [0.25, 0.3) is 5.91 Å². The average molecular weight is 262 g/mol. The van der Waals surface area contributed by atoms with E-state index in [1.54, 1.807) is 0 Å². The van der Waals surface area contributed by atoms with Gasteiger partial charge in [-0.15, -0.1) is 0 Å². The molecule has 1 aromatic rings. The van der Waals surface area contributed by atoms with Crippen molar-refractivity contribution in [1.29, 1.82) is 0 Å². The van der Waals surface area contributed by atoms with E-state index in [0.717, 1.165) is 37.4 Å². The molecule has 0 radical (unpaired) electrons. The van der Waals surface area contributed by atoms with Gasteiger partial charge >= 0.3 is 0 Å². The first-order chi connectivity index (χ1) is 9.18. The van der Waals surface area contributed by atoms with Crippen molar-refractivity contribution in [2.75, 3.05) is 24.6 Å². The quantitative estimate of drug-likeness (QED) is 0.799. The zero-order valence-electron chi connectivity index (χ0n) is 11.7. The molecule has 1 aliphatic heterocycles. The summed E-state index contributed by atoms with van der Waals surface area (Å²) in [5, 5.41) is 3.39. The van der Waals surface area contributed by atoms with Gasteiger partial charge in [0.15, 0.2) is 6.61 Å². The molecule has 0 fully saturated rings. The molecule has 4 heteroatoms. The zero-order valence-corrected chi connectivity index (χ0v) is 11.7. The Kier molecular flexibility index (Phi) is 4.80. The molecule has 1 aromatic carbocycles. The van der Waals surface area contributed by atoms with Crippen LogP contribution in [0.25, 0.3) is 0 Å². The van der Waals surface area contributed by atoms with Crippen LogP contribution in [0.5, 0.6) is 5.75 Å². The average Bonchev–Trinajstić information content (AvgIpc) is 2.40. The Labute approximate surface area is 114 Å². The predicted molar refractivity (Wildman–Crippen MR) is 76.7 cm³/mol. The second-order valence-corrected chi connectivity index (χ2v) is 5.12. The lowest BCUT2D eigenvalue weighted by molar-refractivity contribution is -0.121. The normalized spacial score (nSPS) is 14.5. The van der Waals surface area contributed by atoms with Gasteiger partial charge in [0.1, 0.15) is 5.75 Å².